The molecule has 4 heteroatoms. The van der Waals surface area contributed by atoms with Gasteiger partial charge in [0.05, 0.1) is 17.4 Å². The van der Waals surface area contributed by atoms with Crippen LogP contribution in [-0.4, -0.2) is 16.6 Å². The molecule has 0 aliphatic carbocycles. The number of hydrogen-bond acceptors (Lipinski definition) is 3. The summed E-state index contributed by atoms with van der Waals surface area (Å²) in [5, 5.41) is 0. The van der Waals surface area contributed by atoms with Crippen molar-refractivity contribution in [1.82, 2.24) is 9.55 Å². The molecule has 0 unspecified atom stereocenters. The van der Waals surface area contributed by atoms with Gasteiger partial charge in [0, 0.05) is 31.2 Å². The topological polar surface area (TPSA) is 47.1 Å². The zero-order valence-corrected chi connectivity index (χ0v) is 11.0. The van der Waals surface area contributed by atoms with Crippen LogP contribution in [0.15, 0.2) is 48.8 Å². The average molecular weight is 252 g/mol. The smallest absolute Gasteiger partial charge is 0.0955 e. The minimum Gasteiger partial charge on any atom is -0.399 e. The van der Waals surface area contributed by atoms with Crippen LogP contribution in [0.2, 0.25) is 0 Å². The Morgan fingerprint density at radius 1 is 1.05 bits per heavy atom. The Kier molecular flexibility index (Phi) is 2.63. The van der Waals surface area contributed by atoms with Crippen LogP contribution in [0.1, 0.15) is 0 Å². The van der Waals surface area contributed by atoms with Gasteiger partial charge in [-0.25, -0.2) is 4.98 Å². The number of imidazole rings is 1. The van der Waals surface area contributed by atoms with Crippen LogP contribution in [0, 0.1) is 0 Å². The van der Waals surface area contributed by atoms with E-state index in [-0.39, 0.29) is 0 Å². The van der Waals surface area contributed by atoms with E-state index in [4.69, 9.17) is 5.73 Å². The van der Waals surface area contributed by atoms with E-state index in [1.54, 1.807) is 0 Å². The maximum atomic E-state index is 5.71. The van der Waals surface area contributed by atoms with Gasteiger partial charge in [-0.2, -0.15) is 0 Å². The molecule has 2 N–H and O–H groups in total. The van der Waals surface area contributed by atoms with Gasteiger partial charge in [-0.15, -0.1) is 0 Å². The standard InChI is InChI=1S/C15H16N4/c1-18-10-17-14-9-13(7-8-15(14)18)19(2)12-5-3-11(16)4-6-12/h3-10H,16H2,1-2H3. The van der Waals surface area contributed by atoms with E-state index < -0.39 is 0 Å². The maximum Gasteiger partial charge on any atom is 0.0955 e. The number of nitrogens with two attached hydrogens (primary N) is 1. The molecular formula is C15H16N4. The first kappa shape index (κ1) is 11.6. The monoisotopic (exact) mass is 252 g/mol. The lowest BCUT2D eigenvalue weighted by Crippen LogP contribution is -2.09. The molecule has 0 spiro atoms. The van der Waals surface area contributed by atoms with Crippen molar-refractivity contribution in [3.8, 4) is 0 Å². The lowest BCUT2D eigenvalue weighted by atomic mass is 10.2. The van der Waals surface area contributed by atoms with Gasteiger partial charge >= 0.3 is 0 Å². The molecule has 0 atom stereocenters. The van der Waals surface area contributed by atoms with Crippen LogP contribution >= 0.6 is 0 Å². The molecule has 0 amide bonds. The highest BCUT2D eigenvalue weighted by atomic mass is 15.1. The number of hydrogen-bond donors (Lipinski definition) is 1. The van der Waals surface area contributed by atoms with Gasteiger partial charge in [-0.1, -0.05) is 0 Å². The molecule has 4 nitrogen and oxygen atoms in total. The van der Waals surface area contributed by atoms with Crippen molar-refractivity contribution in [2.24, 2.45) is 7.05 Å². The molecule has 0 radical (unpaired) electrons. The Morgan fingerprint density at radius 2 is 1.74 bits per heavy atom. The summed E-state index contributed by atoms with van der Waals surface area (Å²) in [6.45, 7) is 0. The predicted octanol–water partition coefficient (Wildman–Crippen LogP) is 2.92. The Morgan fingerprint density at radius 3 is 2.47 bits per heavy atom. The van der Waals surface area contributed by atoms with E-state index in [1.807, 2.05) is 49.3 Å². The van der Waals surface area contributed by atoms with Crippen molar-refractivity contribution in [1.29, 1.82) is 0 Å². The van der Waals surface area contributed by atoms with Gasteiger partial charge in [-0.3, -0.25) is 0 Å². The third kappa shape index (κ3) is 2.01. The number of nitrogen functional groups attached to an aromatic ring is 1. The summed E-state index contributed by atoms with van der Waals surface area (Å²) >= 11 is 0. The summed E-state index contributed by atoms with van der Waals surface area (Å²) in [6.07, 6.45) is 1.83. The fraction of sp³-hybridized carbons (Fsp3) is 0.133. The molecule has 19 heavy (non-hydrogen) atoms. The summed E-state index contributed by atoms with van der Waals surface area (Å²) in [4.78, 5) is 6.50. The van der Waals surface area contributed by atoms with Crippen LogP contribution in [-0.2, 0) is 7.05 Å². The molecule has 3 aromatic rings. The number of benzene rings is 2. The molecule has 3 rings (SSSR count). The molecule has 0 aliphatic heterocycles. The van der Waals surface area contributed by atoms with E-state index >= 15 is 0 Å². The largest absolute Gasteiger partial charge is 0.399 e. The van der Waals surface area contributed by atoms with Crippen molar-refractivity contribution in [3.63, 3.8) is 0 Å². The van der Waals surface area contributed by atoms with Gasteiger partial charge < -0.3 is 15.2 Å². The van der Waals surface area contributed by atoms with Crippen molar-refractivity contribution < 1.29 is 0 Å². The first-order valence-corrected chi connectivity index (χ1v) is 6.15. The molecule has 1 heterocycles. The lowest BCUT2D eigenvalue weighted by Gasteiger charge is -2.19. The first-order valence-electron chi connectivity index (χ1n) is 6.15. The molecule has 96 valence electrons. The van der Waals surface area contributed by atoms with Gasteiger partial charge in [0.2, 0.25) is 0 Å². The molecule has 0 aliphatic rings. The van der Waals surface area contributed by atoms with Gasteiger partial charge in [0.15, 0.2) is 0 Å². The van der Waals surface area contributed by atoms with Gasteiger partial charge in [-0.05, 0) is 42.5 Å². The minimum absolute atomic E-state index is 0.775. The third-order valence-electron chi connectivity index (χ3n) is 3.38. The third-order valence-corrected chi connectivity index (χ3v) is 3.38. The molecule has 1 aromatic heterocycles. The number of aryl methyl sites for hydroxylation is 1. The van der Waals surface area contributed by atoms with Gasteiger partial charge in [0.25, 0.3) is 0 Å². The predicted molar refractivity (Wildman–Crippen MR) is 79.6 cm³/mol. The first-order chi connectivity index (χ1) is 9.15. The molecule has 0 saturated carbocycles. The van der Waals surface area contributed by atoms with E-state index in [0.717, 1.165) is 28.1 Å². The molecule has 2 aromatic carbocycles. The van der Waals surface area contributed by atoms with E-state index in [2.05, 4.69) is 28.1 Å². The van der Waals surface area contributed by atoms with Crippen LogP contribution in [0.5, 0.6) is 0 Å². The number of nitrogens with zero attached hydrogens (tertiary/aromatic N) is 3. The normalized spacial score (nSPS) is 10.8. The van der Waals surface area contributed by atoms with E-state index in [0.29, 0.717) is 0 Å². The van der Waals surface area contributed by atoms with Crippen LogP contribution in [0.4, 0.5) is 17.1 Å². The molecular weight excluding hydrogens is 236 g/mol. The van der Waals surface area contributed by atoms with Crippen LogP contribution in [0.3, 0.4) is 0 Å². The highest BCUT2D eigenvalue weighted by molar-refractivity contribution is 5.81. The quantitative estimate of drug-likeness (QED) is 0.713. The average Bonchev–Trinajstić information content (AvgIpc) is 2.80. The highest BCUT2D eigenvalue weighted by Crippen LogP contribution is 2.26. The number of fused-ring (bicyclic) bond motifs is 1. The van der Waals surface area contributed by atoms with Crippen molar-refractivity contribution in [2.45, 2.75) is 0 Å². The Labute approximate surface area is 112 Å². The second-order valence-corrected chi connectivity index (χ2v) is 4.68. The fourth-order valence-corrected chi connectivity index (χ4v) is 2.18. The molecule has 0 saturated heterocycles. The van der Waals surface area contributed by atoms with E-state index in [1.165, 1.54) is 0 Å². The second kappa shape index (κ2) is 4.31. The number of rotatable bonds is 2. The summed E-state index contributed by atoms with van der Waals surface area (Å²) in [7, 11) is 4.04. The van der Waals surface area contributed by atoms with Crippen molar-refractivity contribution in [3.05, 3.63) is 48.8 Å². The van der Waals surface area contributed by atoms with Crippen LogP contribution in [0.25, 0.3) is 11.0 Å². The van der Waals surface area contributed by atoms with Crippen LogP contribution < -0.4 is 10.6 Å². The van der Waals surface area contributed by atoms with Gasteiger partial charge in [0.1, 0.15) is 0 Å². The summed E-state index contributed by atoms with van der Waals surface area (Å²) in [6, 6.07) is 14.1. The Balaban J connectivity index is 2.01. The summed E-state index contributed by atoms with van der Waals surface area (Å²) < 4.78 is 2.02. The Bertz CT molecular complexity index is 713. The molecule has 0 bridgehead atoms. The lowest BCUT2D eigenvalue weighted by molar-refractivity contribution is 0.947. The zero-order chi connectivity index (χ0) is 13.4. The number of anilines is 3. The number of aromatic nitrogens is 2. The SMILES string of the molecule is CN(c1ccc(N)cc1)c1ccc2c(c1)ncn2C. The Hall–Kier alpha value is -2.49. The van der Waals surface area contributed by atoms with Crippen molar-refractivity contribution in [2.75, 3.05) is 17.7 Å². The summed E-state index contributed by atoms with van der Waals surface area (Å²) in [5.41, 5.74) is 10.8. The highest BCUT2D eigenvalue weighted by Gasteiger charge is 2.06. The minimum atomic E-state index is 0.775. The summed E-state index contributed by atoms with van der Waals surface area (Å²) in [5.74, 6) is 0. The van der Waals surface area contributed by atoms with E-state index in [9.17, 15) is 0 Å². The second-order valence-electron chi connectivity index (χ2n) is 4.68. The zero-order valence-electron chi connectivity index (χ0n) is 11.0. The van der Waals surface area contributed by atoms with Crippen molar-refractivity contribution >= 4 is 28.1 Å². The maximum absolute atomic E-state index is 5.71. The fourth-order valence-electron chi connectivity index (χ4n) is 2.18. The molecule has 0 fully saturated rings.